The summed E-state index contributed by atoms with van der Waals surface area (Å²) in [5.41, 5.74) is 3.32. The number of imidazole rings is 2. The Morgan fingerprint density at radius 3 is 2.50 bits per heavy atom. The minimum atomic E-state index is -0.595. The molecule has 0 saturated carbocycles. The third-order valence-electron chi connectivity index (χ3n) is 5.31. The summed E-state index contributed by atoms with van der Waals surface area (Å²) in [5, 5.41) is 3.01. The van der Waals surface area contributed by atoms with Crippen LogP contribution in [-0.2, 0) is 17.7 Å². The van der Waals surface area contributed by atoms with Gasteiger partial charge in [0.05, 0.1) is 24.3 Å². The molecule has 0 aliphatic heterocycles. The van der Waals surface area contributed by atoms with Gasteiger partial charge in [-0.25, -0.2) is 14.8 Å². The Morgan fingerprint density at radius 2 is 1.88 bits per heavy atom. The van der Waals surface area contributed by atoms with Crippen molar-refractivity contribution in [1.82, 2.24) is 29.4 Å². The minimum absolute atomic E-state index is 0.399. The smallest absolute Gasteiger partial charge is 0.408 e. The van der Waals surface area contributed by atoms with Crippen molar-refractivity contribution in [2.45, 2.75) is 52.3 Å². The van der Waals surface area contributed by atoms with Crippen LogP contribution < -0.4 is 5.32 Å². The number of benzene rings is 1. The van der Waals surface area contributed by atoms with Gasteiger partial charge in [-0.3, -0.25) is 4.98 Å². The molecule has 0 saturated heterocycles. The van der Waals surface area contributed by atoms with Gasteiger partial charge in [0.1, 0.15) is 11.4 Å². The SMILES string of the molecule is CCn1c(-c2ccc(-n3ccnc3)cc2)cnc1C(Cc1ccccn1)NC(=O)OC(C)(C)C. The summed E-state index contributed by atoms with van der Waals surface area (Å²) in [6.07, 6.45) is 9.06. The number of amides is 1. The molecule has 1 amide bonds. The molecule has 8 heteroatoms. The van der Waals surface area contributed by atoms with Gasteiger partial charge in [-0.05, 0) is 57.5 Å². The largest absolute Gasteiger partial charge is 0.444 e. The van der Waals surface area contributed by atoms with Gasteiger partial charge in [-0.1, -0.05) is 18.2 Å². The number of rotatable bonds is 7. The lowest BCUT2D eigenvalue weighted by molar-refractivity contribution is 0.0500. The molecule has 176 valence electrons. The summed E-state index contributed by atoms with van der Waals surface area (Å²) in [7, 11) is 0. The number of pyridine rings is 1. The van der Waals surface area contributed by atoms with E-state index in [0.29, 0.717) is 13.0 Å². The highest BCUT2D eigenvalue weighted by molar-refractivity contribution is 5.68. The van der Waals surface area contributed by atoms with E-state index in [2.05, 4.69) is 38.9 Å². The Balaban J connectivity index is 1.65. The Labute approximate surface area is 199 Å². The van der Waals surface area contributed by atoms with Crippen molar-refractivity contribution in [1.29, 1.82) is 0 Å². The van der Waals surface area contributed by atoms with Crippen molar-refractivity contribution >= 4 is 6.09 Å². The van der Waals surface area contributed by atoms with Crippen molar-refractivity contribution in [3.63, 3.8) is 0 Å². The molecule has 0 aliphatic carbocycles. The number of carbonyl (C=O) groups is 1. The van der Waals surface area contributed by atoms with E-state index in [1.54, 1.807) is 18.7 Å². The van der Waals surface area contributed by atoms with Gasteiger partial charge in [0.2, 0.25) is 0 Å². The van der Waals surface area contributed by atoms with Crippen LogP contribution in [0, 0.1) is 0 Å². The second-order valence-electron chi connectivity index (χ2n) is 8.99. The van der Waals surface area contributed by atoms with Crippen molar-refractivity contribution in [3.8, 4) is 16.9 Å². The van der Waals surface area contributed by atoms with E-state index < -0.39 is 17.7 Å². The first-order chi connectivity index (χ1) is 16.3. The minimum Gasteiger partial charge on any atom is -0.444 e. The van der Waals surface area contributed by atoms with Crippen LogP contribution in [0.3, 0.4) is 0 Å². The number of aromatic nitrogens is 5. The van der Waals surface area contributed by atoms with Gasteiger partial charge in [-0.15, -0.1) is 0 Å². The topological polar surface area (TPSA) is 86.9 Å². The Bertz CT molecular complexity index is 1210. The van der Waals surface area contributed by atoms with Gasteiger partial charge in [-0.2, -0.15) is 0 Å². The zero-order chi connectivity index (χ0) is 24.1. The zero-order valence-corrected chi connectivity index (χ0v) is 20.0. The first kappa shape index (κ1) is 23.2. The van der Waals surface area contributed by atoms with Crippen LogP contribution in [0.4, 0.5) is 4.79 Å². The maximum absolute atomic E-state index is 12.7. The molecule has 0 aliphatic rings. The summed E-state index contributed by atoms with van der Waals surface area (Å²) in [6.45, 7) is 8.30. The number of ether oxygens (including phenoxy) is 1. The molecule has 3 heterocycles. The molecule has 0 radical (unpaired) electrons. The lowest BCUT2D eigenvalue weighted by Gasteiger charge is -2.24. The predicted octanol–water partition coefficient (Wildman–Crippen LogP) is 4.96. The molecule has 8 nitrogen and oxygen atoms in total. The molecular weight excluding hydrogens is 428 g/mol. The average molecular weight is 459 g/mol. The highest BCUT2D eigenvalue weighted by Gasteiger charge is 2.25. The van der Waals surface area contributed by atoms with Crippen molar-refractivity contribution < 1.29 is 9.53 Å². The maximum atomic E-state index is 12.7. The summed E-state index contributed by atoms with van der Waals surface area (Å²) >= 11 is 0. The van der Waals surface area contributed by atoms with Crippen LogP contribution in [0.5, 0.6) is 0 Å². The van der Waals surface area contributed by atoms with Crippen LogP contribution in [0.2, 0.25) is 0 Å². The van der Waals surface area contributed by atoms with Crippen LogP contribution in [0.15, 0.2) is 73.6 Å². The van der Waals surface area contributed by atoms with Crippen molar-refractivity contribution in [2.24, 2.45) is 0 Å². The van der Waals surface area contributed by atoms with Gasteiger partial charge in [0.15, 0.2) is 0 Å². The molecule has 1 unspecified atom stereocenters. The molecule has 34 heavy (non-hydrogen) atoms. The second-order valence-corrected chi connectivity index (χ2v) is 8.99. The summed E-state index contributed by atoms with van der Waals surface area (Å²) in [6, 6.07) is 13.6. The highest BCUT2D eigenvalue weighted by atomic mass is 16.6. The third-order valence-corrected chi connectivity index (χ3v) is 5.31. The Hall–Kier alpha value is -3.94. The second kappa shape index (κ2) is 9.91. The predicted molar refractivity (Wildman–Crippen MR) is 131 cm³/mol. The standard InChI is InChI=1S/C26H30N6O2/c1-5-32-23(19-9-11-21(12-10-19)31-15-14-27-18-31)17-29-24(32)22(16-20-8-6-7-13-28-20)30-25(33)34-26(2,3)4/h6-15,17-18,22H,5,16H2,1-4H3,(H,30,33). The molecule has 4 rings (SSSR count). The summed E-state index contributed by atoms with van der Waals surface area (Å²) in [5.74, 6) is 0.757. The van der Waals surface area contributed by atoms with Gasteiger partial charge in [0.25, 0.3) is 0 Å². The van der Waals surface area contributed by atoms with Crippen LogP contribution >= 0.6 is 0 Å². The van der Waals surface area contributed by atoms with E-state index in [9.17, 15) is 4.79 Å². The molecule has 4 aromatic rings. The average Bonchev–Trinajstić information content (AvgIpc) is 3.48. The molecule has 1 N–H and O–H groups in total. The molecule has 3 aromatic heterocycles. The molecule has 1 atom stereocenters. The van der Waals surface area contributed by atoms with Gasteiger partial charge >= 0.3 is 6.09 Å². The molecular formula is C26H30N6O2. The first-order valence-electron chi connectivity index (χ1n) is 11.4. The van der Waals surface area contributed by atoms with Crippen molar-refractivity contribution in [2.75, 3.05) is 0 Å². The summed E-state index contributed by atoms with van der Waals surface area (Å²) < 4.78 is 9.61. The Kier molecular flexibility index (Phi) is 6.77. The molecule has 0 spiro atoms. The van der Waals surface area contributed by atoms with E-state index >= 15 is 0 Å². The van der Waals surface area contributed by atoms with Crippen LogP contribution in [0.1, 0.15) is 45.3 Å². The normalized spacial score (nSPS) is 12.4. The van der Waals surface area contributed by atoms with E-state index in [0.717, 1.165) is 28.5 Å². The highest BCUT2D eigenvalue weighted by Crippen LogP contribution is 2.27. The number of hydrogen-bond acceptors (Lipinski definition) is 5. The van der Waals surface area contributed by atoms with Crippen LogP contribution in [-0.4, -0.2) is 35.8 Å². The fourth-order valence-electron chi connectivity index (χ4n) is 3.83. The third kappa shape index (κ3) is 5.51. The van der Waals surface area contributed by atoms with E-state index in [-0.39, 0.29) is 0 Å². The number of hydrogen-bond donors (Lipinski definition) is 1. The van der Waals surface area contributed by atoms with E-state index in [1.165, 1.54) is 0 Å². The monoisotopic (exact) mass is 458 g/mol. The maximum Gasteiger partial charge on any atom is 0.408 e. The number of nitrogens with one attached hydrogen (secondary N) is 1. The molecule has 1 aromatic carbocycles. The quantitative estimate of drug-likeness (QED) is 0.423. The lowest BCUT2D eigenvalue weighted by Crippen LogP contribution is -2.37. The fourth-order valence-corrected chi connectivity index (χ4v) is 3.83. The summed E-state index contributed by atoms with van der Waals surface area (Å²) in [4.78, 5) is 25.9. The Morgan fingerprint density at radius 1 is 1.09 bits per heavy atom. The zero-order valence-electron chi connectivity index (χ0n) is 20.0. The van der Waals surface area contributed by atoms with Gasteiger partial charge < -0.3 is 19.2 Å². The lowest BCUT2D eigenvalue weighted by atomic mass is 10.1. The fraction of sp³-hybridized carbons (Fsp3) is 0.308. The number of carbonyl (C=O) groups excluding carboxylic acids is 1. The van der Waals surface area contributed by atoms with Crippen LogP contribution in [0.25, 0.3) is 16.9 Å². The molecule has 0 fully saturated rings. The number of alkyl carbamates (subject to hydrolysis) is 1. The van der Waals surface area contributed by atoms with E-state index in [4.69, 9.17) is 9.72 Å². The van der Waals surface area contributed by atoms with Gasteiger partial charge in [0, 0.05) is 42.9 Å². The molecule has 0 bridgehead atoms. The number of nitrogens with zero attached hydrogens (tertiary/aromatic N) is 5. The van der Waals surface area contributed by atoms with Crippen molar-refractivity contribution in [3.05, 3.63) is 85.1 Å². The first-order valence-corrected chi connectivity index (χ1v) is 11.4. The van der Waals surface area contributed by atoms with E-state index in [1.807, 2.05) is 68.1 Å².